The van der Waals surface area contributed by atoms with Crippen molar-refractivity contribution in [2.24, 2.45) is 0 Å². The van der Waals surface area contributed by atoms with Crippen LogP contribution >= 0.6 is 0 Å². The summed E-state index contributed by atoms with van der Waals surface area (Å²) >= 11 is 0. The number of carbonyl (C=O) groups is 2. The fourth-order valence-electron chi connectivity index (χ4n) is 2.13. The number of carbonyl (C=O) groups excluding carboxylic acids is 1. The molecule has 0 radical (unpaired) electrons. The molecule has 0 heterocycles. The molecule has 0 saturated carbocycles. The van der Waals surface area contributed by atoms with E-state index in [9.17, 15) is 14.7 Å². The van der Waals surface area contributed by atoms with E-state index in [4.69, 9.17) is 9.47 Å². The predicted molar refractivity (Wildman–Crippen MR) is 87.2 cm³/mol. The topological polar surface area (TPSA) is 72.8 Å². The fraction of sp³-hybridized carbons (Fsp3) is 0.556. The molecule has 23 heavy (non-hydrogen) atoms. The Labute approximate surface area is 137 Å². The van der Waals surface area contributed by atoms with Crippen LogP contribution in [0, 0.1) is 0 Å². The number of rotatable bonds is 10. The molecule has 0 amide bonds. The minimum Gasteiger partial charge on any atom is -0.479 e. The number of aliphatic carboxylic acids is 1. The molecule has 5 heteroatoms. The van der Waals surface area contributed by atoms with Crippen molar-refractivity contribution < 1.29 is 24.2 Å². The third-order valence-corrected chi connectivity index (χ3v) is 3.86. The molecular formula is C18H26O5. The summed E-state index contributed by atoms with van der Waals surface area (Å²) in [6, 6.07) is 9.85. The van der Waals surface area contributed by atoms with Crippen molar-refractivity contribution in [3.05, 3.63) is 35.9 Å². The van der Waals surface area contributed by atoms with Crippen molar-refractivity contribution >= 4 is 11.9 Å². The zero-order valence-corrected chi connectivity index (χ0v) is 14.1. The lowest BCUT2D eigenvalue weighted by Gasteiger charge is -2.27. The third-order valence-electron chi connectivity index (χ3n) is 3.86. The normalized spacial score (nSPS) is 14.7. The molecule has 1 aromatic rings. The lowest BCUT2D eigenvalue weighted by atomic mass is 10.0. The molecule has 2 atom stereocenters. The standard InChI is InChI=1S/C18H26O5/c1-4-14(3)23-17(21)18(5-2,16(19)20)22-13-9-12-15-10-7-6-8-11-15/h6-8,10-11,14H,4-5,9,12-13H2,1-3H3,(H,19,20). The van der Waals surface area contributed by atoms with Gasteiger partial charge in [0.1, 0.15) is 0 Å². The number of hydrogen-bond acceptors (Lipinski definition) is 4. The lowest BCUT2D eigenvalue weighted by Crippen LogP contribution is -2.50. The Hall–Kier alpha value is -1.88. The zero-order valence-electron chi connectivity index (χ0n) is 14.1. The molecule has 2 unspecified atom stereocenters. The first-order valence-electron chi connectivity index (χ1n) is 8.08. The van der Waals surface area contributed by atoms with Crippen molar-refractivity contribution in [1.29, 1.82) is 0 Å². The van der Waals surface area contributed by atoms with E-state index in [-0.39, 0.29) is 19.1 Å². The molecule has 0 aliphatic rings. The predicted octanol–water partition coefficient (Wildman–Crippen LogP) is 3.21. The Bertz CT molecular complexity index is 499. The van der Waals surface area contributed by atoms with Gasteiger partial charge in [-0.2, -0.15) is 0 Å². The van der Waals surface area contributed by atoms with Gasteiger partial charge >= 0.3 is 11.9 Å². The van der Waals surface area contributed by atoms with Gasteiger partial charge in [-0.25, -0.2) is 9.59 Å². The average Bonchev–Trinajstić information content (AvgIpc) is 2.55. The summed E-state index contributed by atoms with van der Waals surface area (Å²) < 4.78 is 10.7. The van der Waals surface area contributed by atoms with Crippen LogP contribution in [0.15, 0.2) is 30.3 Å². The van der Waals surface area contributed by atoms with E-state index >= 15 is 0 Å². The van der Waals surface area contributed by atoms with Gasteiger partial charge in [0.15, 0.2) is 0 Å². The molecule has 0 fully saturated rings. The van der Waals surface area contributed by atoms with Crippen LogP contribution in [0.3, 0.4) is 0 Å². The quantitative estimate of drug-likeness (QED) is 0.407. The van der Waals surface area contributed by atoms with Gasteiger partial charge in [0.2, 0.25) is 0 Å². The molecule has 1 N–H and O–H groups in total. The Morgan fingerprint density at radius 3 is 2.39 bits per heavy atom. The van der Waals surface area contributed by atoms with Crippen LogP contribution in [0.5, 0.6) is 0 Å². The minimum absolute atomic E-state index is 0.0307. The molecule has 5 nitrogen and oxygen atoms in total. The number of benzene rings is 1. The number of carboxylic acid groups (broad SMARTS) is 1. The van der Waals surface area contributed by atoms with Crippen LogP contribution in [-0.4, -0.2) is 35.4 Å². The second kappa shape index (κ2) is 9.30. The van der Waals surface area contributed by atoms with Gasteiger partial charge < -0.3 is 14.6 Å². The molecule has 0 saturated heterocycles. The van der Waals surface area contributed by atoms with Crippen molar-refractivity contribution in [3.63, 3.8) is 0 Å². The SMILES string of the molecule is CCC(C)OC(=O)C(CC)(OCCCc1ccccc1)C(=O)O. The summed E-state index contributed by atoms with van der Waals surface area (Å²) in [5.41, 5.74) is -0.768. The number of aryl methyl sites for hydroxylation is 1. The molecule has 1 rings (SSSR count). The Morgan fingerprint density at radius 1 is 1.22 bits per heavy atom. The summed E-state index contributed by atoms with van der Waals surface area (Å²) in [6.07, 6.45) is 1.72. The highest BCUT2D eigenvalue weighted by Gasteiger charge is 2.48. The molecule has 0 bridgehead atoms. The molecule has 0 aliphatic heterocycles. The van der Waals surface area contributed by atoms with E-state index in [1.54, 1.807) is 13.8 Å². The largest absolute Gasteiger partial charge is 0.479 e. The number of hydrogen-bond donors (Lipinski definition) is 1. The highest BCUT2D eigenvalue weighted by molar-refractivity contribution is 6.02. The summed E-state index contributed by atoms with van der Waals surface area (Å²) in [5.74, 6) is -2.12. The Kier molecular flexibility index (Phi) is 7.75. The van der Waals surface area contributed by atoms with Crippen molar-refractivity contribution in [3.8, 4) is 0 Å². The Balaban J connectivity index is 2.63. The van der Waals surface area contributed by atoms with Gasteiger partial charge in [0, 0.05) is 6.61 Å². The second-order valence-corrected chi connectivity index (χ2v) is 5.55. The molecule has 0 spiro atoms. The van der Waals surface area contributed by atoms with Gasteiger partial charge in [0.05, 0.1) is 6.10 Å². The van der Waals surface area contributed by atoms with Gasteiger partial charge in [-0.1, -0.05) is 44.2 Å². The maximum absolute atomic E-state index is 12.2. The second-order valence-electron chi connectivity index (χ2n) is 5.55. The summed E-state index contributed by atoms with van der Waals surface area (Å²) in [5, 5.41) is 9.47. The zero-order chi connectivity index (χ0) is 17.3. The van der Waals surface area contributed by atoms with E-state index in [1.807, 2.05) is 37.3 Å². The average molecular weight is 322 g/mol. The highest BCUT2D eigenvalue weighted by atomic mass is 16.6. The summed E-state index contributed by atoms with van der Waals surface area (Å²) in [6.45, 7) is 5.40. The van der Waals surface area contributed by atoms with Crippen LogP contribution in [0.25, 0.3) is 0 Å². The monoisotopic (exact) mass is 322 g/mol. The maximum atomic E-state index is 12.2. The summed E-state index contributed by atoms with van der Waals surface area (Å²) in [4.78, 5) is 23.8. The smallest absolute Gasteiger partial charge is 0.350 e. The van der Waals surface area contributed by atoms with Gasteiger partial charge in [-0.05, 0) is 38.2 Å². The highest BCUT2D eigenvalue weighted by Crippen LogP contribution is 2.21. The van der Waals surface area contributed by atoms with E-state index in [2.05, 4.69) is 0 Å². The van der Waals surface area contributed by atoms with Crippen molar-refractivity contribution in [2.45, 2.75) is 58.2 Å². The van der Waals surface area contributed by atoms with Crippen LogP contribution in [0.1, 0.15) is 45.6 Å². The molecule has 0 aromatic heterocycles. The maximum Gasteiger partial charge on any atom is 0.350 e. The minimum atomic E-state index is -1.92. The molecule has 0 aliphatic carbocycles. The van der Waals surface area contributed by atoms with Crippen LogP contribution in [-0.2, 0) is 25.5 Å². The first kappa shape index (κ1) is 19.2. The van der Waals surface area contributed by atoms with Crippen molar-refractivity contribution in [1.82, 2.24) is 0 Å². The third kappa shape index (κ3) is 5.36. The number of esters is 1. The van der Waals surface area contributed by atoms with E-state index in [0.29, 0.717) is 12.8 Å². The molecule has 128 valence electrons. The van der Waals surface area contributed by atoms with E-state index in [1.165, 1.54) is 0 Å². The first-order chi connectivity index (χ1) is 11.0. The molecular weight excluding hydrogens is 296 g/mol. The molecule has 1 aromatic carbocycles. The fourth-order valence-corrected chi connectivity index (χ4v) is 2.13. The Morgan fingerprint density at radius 2 is 1.87 bits per heavy atom. The van der Waals surface area contributed by atoms with Gasteiger partial charge in [-0.15, -0.1) is 0 Å². The van der Waals surface area contributed by atoms with Crippen LogP contribution in [0.2, 0.25) is 0 Å². The number of ether oxygens (including phenoxy) is 2. The van der Waals surface area contributed by atoms with E-state index in [0.717, 1.165) is 12.0 Å². The van der Waals surface area contributed by atoms with Gasteiger partial charge in [-0.3, -0.25) is 0 Å². The first-order valence-corrected chi connectivity index (χ1v) is 8.08. The van der Waals surface area contributed by atoms with E-state index < -0.39 is 17.5 Å². The lowest BCUT2D eigenvalue weighted by molar-refractivity contribution is -0.191. The summed E-state index contributed by atoms with van der Waals surface area (Å²) in [7, 11) is 0. The van der Waals surface area contributed by atoms with Crippen molar-refractivity contribution in [2.75, 3.05) is 6.61 Å². The number of carboxylic acids is 1. The van der Waals surface area contributed by atoms with Crippen LogP contribution in [0.4, 0.5) is 0 Å². The van der Waals surface area contributed by atoms with Gasteiger partial charge in [0.25, 0.3) is 5.60 Å². The van der Waals surface area contributed by atoms with Crippen LogP contribution < -0.4 is 0 Å².